The van der Waals surface area contributed by atoms with Gasteiger partial charge >= 0.3 is 0 Å². The molecule has 0 spiro atoms. The van der Waals surface area contributed by atoms with Crippen LogP contribution >= 0.6 is 11.3 Å². The van der Waals surface area contributed by atoms with Crippen molar-refractivity contribution in [2.24, 2.45) is 11.8 Å². The number of aryl methyl sites for hydroxylation is 1. The third-order valence-electron chi connectivity index (χ3n) is 6.29. The minimum atomic E-state index is -0.160. The number of amides is 1. The first-order chi connectivity index (χ1) is 13.9. The first kappa shape index (κ1) is 19.8. The topological polar surface area (TPSA) is 64.0 Å². The van der Waals surface area contributed by atoms with Gasteiger partial charge in [-0.05, 0) is 30.7 Å². The van der Waals surface area contributed by atoms with Crippen molar-refractivity contribution in [2.45, 2.75) is 52.6 Å². The highest BCUT2D eigenvalue weighted by atomic mass is 32.1. The highest BCUT2D eigenvalue weighted by Gasteiger charge is 2.28. The molecule has 0 aliphatic heterocycles. The summed E-state index contributed by atoms with van der Waals surface area (Å²) in [5.41, 5.74) is 2.89. The maximum absolute atomic E-state index is 13.1. The lowest BCUT2D eigenvalue weighted by Gasteiger charge is -2.34. The van der Waals surface area contributed by atoms with Gasteiger partial charge in [-0.1, -0.05) is 56.5 Å². The Kier molecular flexibility index (Phi) is 5.54. The molecule has 6 heteroatoms. The van der Waals surface area contributed by atoms with Crippen LogP contribution in [0.5, 0.6) is 0 Å². The molecule has 1 saturated carbocycles. The quantitative estimate of drug-likeness (QED) is 0.696. The predicted octanol–water partition coefficient (Wildman–Crippen LogP) is 4.37. The van der Waals surface area contributed by atoms with E-state index in [1.807, 2.05) is 36.6 Å². The number of fused-ring (bicyclic) bond motifs is 1. The molecule has 29 heavy (non-hydrogen) atoms. The summed E-state index contributed by atoms with van der Waals surface area (Å²) in [6.07, 6.45) is 4.85. The fraction of sp³-hybridized carbons (Fsp3) is 0.435. The van der Waals surface area contributed by atoms with Crippen molar-refractivity contribution in [3.05, 3.63) is 51.9 Å². The number of nitrogens with zero attached hydrogens (tertiary/aromatic N) is 2. The third-order valence-corrected chi connectivity index (χ3v) is 7.18. The first-order valence-corrected chi connectivity index (χ1v) is 11.1. The van der Waals surface area contributed by atoms with Crippen molar-refractivity contribution >= 4 is 27.5 Å². The molecule has 3 aromatic rings. The van der Waals surface area contributed by atoms with E-state index in [1.165, 1.54) is 34.2 Å². The molecular weight excluding hydrogens is 382 g/mol. The molecule has 1 aromatic carbocycles. The third kappa shape index (κ3) is 3.99. The molecule has 1 aliphatic rings. The van der Waals surface area contributed by atoms with Gasteiger partial charge in [0, 0.05) is 17.0 Å². The van der Waals surface area contributed by atoms with E-state index >= 15 is 0 Å². The van der Waals surface area contributed by atoms with Gasteiger partial charge in [-0.25, -0.2) is 4.98 Å². The van der Waals surface area contributed by atoms with Crippen LogP contribution in [0.15, 0.2) is 40.8 Å². The van der Waals surface area contributed by atoms with Gasteiger partial charge in [0.05, 0.1) is 11.7 Å². The highest BCUT2D eigenvalue weighted by molar-refractivity contribution is 7.17. The molecule has 4 rings (SSSR count). The van der Waals surface area contributed by atoms with Crippen LogP contribution < -0.4 is 10.9 Å². The molecule has 0 saturated heterocycles. The number of benzene rings is 1. The van der Waals surface area contributed by atoms with E-state index in [9.17, 15) is 9.59 Å². The average molecular weight is 410 g/mol. The van der Waals surface area contributed by atoms with E-state index in [0.717, 1.165) is 24.0 Å². The molecule has 2 aromatic heterocycles. The van der Waals surface area contributed by atoms with Crippen LogP contribution in [0.4, 0.5) is 0 Å². The largest absolute Gasteiger partial charge is 0.352 e. The van der Waals surface area contributed by atoms with Crippen LogP contribution in [0.3, 0.4) is 0 Å². The SMILES string of the molecule is Cc1ccc(-c2csc3ncn(CC(=O)N[C@H]4CCC[C@H](C)[C@@H]4C)c(=O)c23)cc1. The summed E-state index contributed by atoms with van der Waals surface area (Å²) >= 11 is 1.46. The molecule has 1 N–H and O–H groups in total. The van der Waals surface area contributed by atoms with Crippen molar-refractivity contribution in [1.82, 2.24) is 14.9 Å². The Morgan fingerprint density at radius 1 is 1.24 bits per heavy atom. The van der Waals surface area contributed by atoms with Crippen LogP contribution in [0.2, 0.25) is 0 Å². The van der Waals surface area contributed by atoms with Crippen LogP contribution in [0.25, 0.3) is 21.3 Å². The van der Waals surface area contributed by atoms with Gasteiger partial charge in [0.1, 0.15) is 11.4 Å². The van der Waals surface area contributed by atoms with Gasteiger partial charge in [-0.3, -0.25) is 14.2 Å². The molecule has 1 fully saturated rings. The fourth-order valence-corrected chi connectivity index (χ4v) is 5.13. The minimum absolute atomic E-state index is 0.00254. The molecule has 2 heterocycles. The smallest absolute Gasteiger partial charge is 0.263 e. The van der Waals surface area contributed by atoms with Crippen molar-refractivity contribution in [3.63, 3.8) is 0 Å². The number of hydrogen-bond acceptors (Lipinski definition) is 4. The van der Waals surface area contributed by atoms with Crippen molar-refractivity contribution < 1.29 is 4.79 Å². The van der Waals surface area contributed by atoms with E-state index < -0.39 is 0 Å². The van der Waals surface area contributed by atoms with Crippen molar-refractivity contribution in [2.75, 3.05) is 0 Å². The Balaban J connectivity index is 1.59. The van der Waals surface area contributed by atoms with Gasteiger partial charge in [0.15, 0.2) is 0 Å². The zero-order valence-corrected chi connectivity index (χ0v) is 18.0. The summed E-state index contributed by atoms with van der Waals surface area (Å²) in [4.78, 5) is 30.9. The second-order valence-corrected chi connectivity index (χ2v) is 9.17. The lowest BCUT2D eigenvalue weighted by molar-refractivity contribution is -0.123. The van der Waals surface area contributed by atoms with E-state index in [1.54, 1.807) is 0 Å². The number of thiophene rings is 1. The monoisotopic (exact) mass is 409 g/mol. The van der Waals surface area contributed by atoms with Gasteiger partial charge < -0.3 is 5.32 Å². The van der Waals surface area contributed by atoms with Crippen LogP contribution in [-0.2, 0) is 11.3 Å². The van der Waals surface area contributed by atoms with E-state index in [2.05, 4.69) is 24.1 Å². The molecule has 0 bridgehead atoms. The number of carbonyl (C=O) groups is 1. The first-order valence-electron chi connectivity index (χ1n) is 10.3. The van der Waals surface area contributed by atoms with Gasteiger partial charge in [-0.2, -0.15) is 0 Å². The van der Waals surface area contributed by atoms with Crippen molar-refractivity contribution in [3.8, 4) is 11.1 Å². The van der Waals surface area contributed by atoms with E-state index in [0.29, 0.717) is 22.1 Å². The Morgan fingerprint density at radius 3 is 2.76 bits per heavy atom. The zero-order valence-electron chi connectivity index (χ0n) is 17.1. The Labute approximate surface area is 174 Å². The maximum Gasteiger partial charge on any atom is 0.263 e. The average Bonchev–Trinajstić information content (AvgIpc) is 3.13. The lowest BCUT2D eigenvalue weighted by Crippen LogP contribution is -2.45. The Bertz CT molecular complexity index is 1080. The van der Waals surface area contributed by atoms with E-state index in [4.69, 9.17) is 0 Å². The van der Waals surface area contributed by atoms with E-state index in [-0.39, 0.29) is 24.1 Å². The molecule has 1 aliphatic carbocycles. The number of hydrogen-bond donors (Lipinski definition) is 1. The Morgan fingerprint density at radius 2 is 2.00 bits per heavy atom. The molecule has 1 amide bonds. The summed E-state index contributed by atoms with van der Waals surface area (Å²) in [6, 6.07) is 8.29. The molecule has 5 nitrogen and oxygen atoms in total. The normalized spacial score (nSPS) is 22.0. The summed E-state index contributed by atoms with van der Waals surface area (Å²) < 4.78 is 1.43. The molecule has 0 unspecified atom stereocenters. The summed E-state index contributed by atoms with van der Waals surface area (Å²) in [7, 11) is 0. The predicted molar refractivity (Wildman–Crippen MR) is 118 cm³/mol. The second kappa shape index (κ2) is 8.11. The van der Waals surface area contributed by atoms with Crippen molar-refractivity contribution in [1.29, 1.82) is 0 Å². The summed E-state index contributed by atoms with van der Waals surface area (Å²) in [5, 5.41) is 5.71. The highest BCUT2D eigenvalue weighted by Crippen LogP contribution is 2.31. The lowest BCUT2D eigenvalue weighted by atomic mass is 9.78. The molecular formula is C23H27N3O2S. The van der Waals surface area contributed by atoms with Gasteiger partial charge in [0.25, 0.3) is 5.56 Å². The maximum atomic E-state index is 13.1. The standard InChI is InChI=1S/C23H27N3O2S/c1-14-7-9-17(10-8-14)18-12-29-22-21(18)23(28)26(13-24-22)11-20(27)25-19-6-4-5-15(2)16(19)3/h7-10,12-13,15-16,19H,4-6,11H2,1-3H3,(H,25,27)/t15-,16-,19-/m0/s1. The number of nitrogens with one attached hydrogen (secondary N) is 1. The number of rotatable bonds is 4. The van der Waals surface area contributed by atoms with Gasteiger partial charge in [0.2, 0.25) is 5.91 Å². The second-order valence-electron chi connectivity index (χ2n) is 8.31. The summed E-state index contributed by atoms with van der Waals surface area (Å²) in [5.74, 6) is 0.944. The van der Waals surface area contributed by atoms with Crippen LogP contribution in [0.1, 0.15) is 38.7 Å². The van der Waals surface area contributed by atoms with Gasteiger partial charge in [-0.15, -0.1) is 11.3 Å². The number of carbonyl (C=O) groups excluding carboxylic acids is 1. The molecule has 152 valence electrons. The molecule has 3 atom stereocenters. The zero-order chi connectivity index (χ0) is 20.5. The van der Waals surface area contributed by atoms with Crippen LogP contribution in [-0.4, -0.2) is 21.5 Å². The number of aromatic nitrogens is 2. The fourth-order valence-electron chi connectivity index (χ4n) is 4.22. The molecule has 0 radical (unpaired) electrons. The Hall–Kier alpha value is -2.47. The van der Waals surface area contributed by atoms with Crippen LogP contribution in [0, 0.1) is 18.8 Å². The summed E-state index contributed by atoms with van der Waals surface area (Å²) in [6.45, 7) is 6.49. The minimum Gasteiger partial charge on any atom is -0.352 e.